The number of rotatable bonds is 6. The molecular formula is C20H23ClO5. The number of benzene rings is 2. The molecule has 0 spiro atoms. The lowest BCUT2D eigenvalue weighted by atomic mass is 9.97. The highest BCUT2D eigenvalue weighted by molar-refractivity contribution is 6.31. The first-order valence-electron chi connectivity index (χ1n) is 8.66. The van der Waals surface area contributed by atoms with E-state index in [0.717, 1.165) is 22.4 Å². The van der Waals surface area contributed by atoms with Gasteiger partial charge in [-0.3, -0.25) is 0 Å². The van der Waals surface area contributed by atoms with Crippen LogP contribution in [0.2, 0.25) is 5.02 Å². The van der Waals surface area contributed by atoms with Crippen molar-refractivity contribution < 1.29 is 24.8 Å². The molecule has 3 rings (SSSR count). The first-order chi connectivity index (χ1) is 12.5. The van der Waals surface area contributed by atoms with Gasteiger partial charge in [0.05, 0.1) is 13.2 Å². The minimum absolute atomic E-state index is 0.346. The molecule has 4 atom stereocenters. The third kappa shape index (κ3) is 4.03. The van der Waals surface area contributed by atoms with Crippen LogP contribution < -0.4 is 4.74 Å². The number of ether oxygens (including phenoxy) is 2. The van der Waals surface area contributed by atoms with Crippen molar-refractivity contribution in [1.29, 1.82) is 0 Å². The van der Waals surface area contributed by atoms with Crippen molar-refractivity contribution in [2.75, 3.05) is 13.2 Å². The molecule has 0 amide bonds. The second-order valence-electron chi connectivity index (χ2n) is 6.36. The topological polar surface area (TPSA) is 79.2 Å². The van der Waals surface area contributed by atoms with Gasteiger partial charge in [-0.05, 0) is 48.2 Å². The highest BCUT2D eigenvalue weighted by Gasteiger charge is 2.43. The van der Waals surface area contributed by atoms with E-state index in [2.05, 4.69) is 0 Å². The molecule has 2 aromatic carbocycles. The molecular weight excluding hydrogens is 356 g/mol. The van der Waals surface area contributed by atoms with Crippen LogP contribution in [-0.2, 0) is 11.2 Å². The Bertz CT molecular complexity index is 733. The average Bonchev–Trinajstić information content (AvgIpc) is 2.93. The van der Waals surface area contributed by atoms with Crippen LogP contribution in [0.4, 0.5) is 0 Å². The summed E-state index contributed by atoms with van der Waals surface area (Å²) in [6.45, 7) is 2.22. The molecule has 1 fully saturated rings. The van der Waals surface area contributed by atoms with Crippen molar-refractivity contribution in [2.45, 2.75) is 37.8 Å². The Labute approximate surface area is 157 Å². The molecule has 0 bridgehead atoms. The zero-order valence-electron chi connectivity index (χ0n) is 14.5. The van der Waals surface area contributed by atoms with E-state index in [9.17, 15) is 15.3 Å². The fourth-order valence-corrected chi connectivity index (χ4v) is 3.36. The van der Waals surface area contributed by atoms with Gasteiger partial charge in [0.2, 0.25) is 0 Å². The molecule has 2 aromatic rings. The molecule has 0 radical (unpaired) electrons. The number of aliphatic hydroxyl groups excluding tert-OH is 3. The van der Waals surface area contributed by atoms with Crippen molar-refractivity contribution in [2.24, 2.45) is 0 Å². The van der Waals surface area contributed by atoms with Crippen molar-refractivity contribution in [3.05, 3.63) is 64.2 Å². The molecule has 5 nitrogen and oxygen atoms in total. The van der Waals surface area contributed by atoms with E-state index in [1.54, 1.807) is 12.1 Å². The Morgan fingerprint density at radius 1 is 1.08 bits per heavy atom. The minimum Gasteiger partial charge on any atom is -0.494 e. The van der Waals surface area contributed by atoms with Crippen molar-refractivity contribution >= 4 is 11.6 Å². The quantitative estimate of drug-likeness (QED) is 0.719. The molecule has 1 aliphatic heterocycles. The predicted octanol–water partition coefficient (Wildman–Crippen LogP) is 2.48. The minimum atomic E-state index is -1.12. The molecule has 1 saturated heterocycles. The van der Waals surface area contributed by atoms with Crippen LogP contribution in [0.25, 0.3) is 0 Å². The summed E-state index contributed by atoms with van der Waals surface area (Å²) in [5.41, 5.74) is 2.69. The lowest BCUT2D eigenvalue weighted by Gasteiger charge is -2.17. The zero-order chi connectivity index (χ0) is 18.7. The molecule has 0 aromatic heterocycles. The van der Waals surface area contributed by atoms with E-state index in [1.165, 1.54) is 0 Å². The highest BCUT2D eigenvalue weighted by atomic mass is 35.5. The van der Waals surface area contributed by atoms with E-state index in [0.29, 0.717) is 18.1 Å². The number of halogens is 1. The predicted molar refractivity (Wildman–Crippen MR) is 98.6 cm³/mol. The van der Waals surface area contributed by atoms with E-state index in [1.807, 2.05) is 37.3 Å². The van der Waals surface area contributed by atoms with Gasteiger partial charge in [0, 0.05) is 5.02 Å². The van der Waals surface area contributed by atoms with Gasteiger partial charge in [-0.1, -0.05) is 35.9 Å². The molecule has 3 N–H and O–H groups in total. The maximum absolute atomic E-state index is 10.2. The Hall–Kier alpha value is -1.63. The Morgan fingerprint density at radius 2 is 1.81 bits per heavy atom. The van der Waals surface area contributed by atoms with Gasteiger partial charge < -0.3 is 24.8 Å². The van der Waals surface area contributed by atoms with Gasteiger partial charge in [0.1, 0.15) is 30.2 Å². The lowest BCUT2D eigenvalue weighted by molar-refractivity contribution is -0.0227. The maximum atomic E-state index is 10.2. The van der Waals surface area contributed by atoms with Crippen LogP contribution in [-0.4, -0.2) is 46.8 Å². The van der Waals surface area contributed by atoms with Crippen LogP contribution in [0.5, 0.6) is 5.75 Å². The van der Waals surface area contributed by atoms with Gasteiger partial charge in [0.25, 0.3) is 0 Å². The molecule has 1 aliphatic rings. The largest absolute Gasteiger partial charge is 0.494 e. The van der Waals surface area contributed by atoms with Gasteiger partial charge >= 0.3 is 0 Å². The molecule has 6 heteroatoms. The van der Waals surface area contributed by atoms with Crippen molar-refractivity contribution in [3.63, 3.8) is 0 Å². The first kappa shape index (κ1) is 19.1. The second kappa shape index (κ2) is 8.37. The Morgan fingerprint density at radius 3 is 2.42 bits per heavy atom. The molecule has 26 heavy (non-hydrogen) atoms. The second-order valence-corrected chi connectivity index (χ2v) is 6.77. The fraction of sp³-hybridized carbons (Fsp3) is 0.400. The monoisotopic (exact) mass is 378 g/mol. The Kier molecular flexibility index (Phi) is 6.16. The van der Waals surface area contributed by atoms with Gasteiger partial charge in [-0.25, -0.2) is 0 Å². The maximum Gasteiger partial charge on any atom is 0.119 e. The summed E-state index contributed by atoms with van der Waals surface area (Å²) in [6, 6.07) is 13.2. The first-order valence-corrected chi connectivity index (χ1v) is 9.03. The number of hydrogen-bond acceptors (Lipinski definition) is 5. The normalized spacial score (nSPS) is 25.4. The number of hydrogen-bond donors (Lipinski definition) is 3. The third-order valence-electron chi connectivity index (χ3n) is 4.57. The zero-order valence-corrected chi connectivity index (χ0v) is 15.3. The molecule has 0 aliphatic carbocycles. The summed E-state index contributed by atoms with van der Waals surface area (Å²) < 4.78 is 11.0. The summed E-state index contributed by atoms with van der Waals surface area (Å²) in [7, 11) is 0. The van der Waals surface area contributed by atoms with Crippen LogP contribution in [0.15, 0.2) is 42.5 Å². The summed E-state index contributed by atoms with van der Waals surface area (Å²) in [5.74, 6) is 0.822. The van der Waals surface area contributed by atoms with Crippen LogP contribution >= 0.6 is 11.6 Å². The molecule has 0 saturated carbocycles. The van der Waals surface area contributed by atoms with Gasteiger partial charge in [-0.15, -0.1) is 0 Å². The smallest absolute Gasteiger partial charge is 0.119 e. The number of aliphatic hydroxyl groups is 3. The summed E-state index contributed by atoms with van der Waals surface area (Å²) in [4.78, 5) is 0. The standard InChI is InChI=1S/C20H23ClO5/c1-2-25-15-6-3-12(4-7-15)9-14-10-13(5-8-16(14)21)20-19(24)18(23)17(11-22)26-20/h3-8,10,17-20,22-24H,2,9,11H2,1H3/t17-,18-,19-,20+/m1/s1. The fourth-order valence-electron chi connectivity index (χ4n) is 3.17. The van der Waals surface area contributed by atoms with E-state index in [4.69, 9.17) is 21.1 Å². The van der Waals surface area contributed by atoms with E-state index in [-0.39, 0.29) is 6.61 Å². The Balaban J connectivity index is 1.80. The summed E-state index contributed by atoms with van der Waals surface area (Å²) in [5, 5.41) is 30.0. The molecule has 1 heterocycles. The lowest BCUT2D eigenvalue weighted by Crippen LogP contribution is -2.32. The van der Waals surface area contributed by atoms with Crippen molar-refractivity contribution in [3.8, 4) is 5.75 Å². The van der Waals surface area contributed by atoms with Crippen molar-refractivity contribution in [1.82, 2.24) is 0 Å². The van der Waals surface area contributed by atoms with E-state index < -0.39 is 24.4 Å². The van der Waals surface area contributed by atoms with Crippen LogP contribution in [0.1, 0.15) is 29.7 Å². The SMILES string of the molecule is CCOc1ccc(Cc2cc([C@@H]3O[C@H](CO)[C@@H](O)[C@H]3O)ccc2Cl)cc1. The summed E-state index contributed by atoms with van der Waals surface area (Å²) in [6.07, 6.45) is -3.07. The average molecular weight is 379 g/mol. The van der Waals surface area contributed by atoms with Gasteiger partial charge in [0.15, 0.2) is 0 Å². The summed E-state index contributed by atoms with van der Waals surface area (Å²) >= 11 is 6.34. The van der Waals surface area contributed by atoms with Crippen LogP contribution in [0.3, 0.4) is 0 Å². The van der Waals surface area contributed by atoms with Crippen LogP contribution in [0, 0.1) is 0 Å². The molecule has 140 valence electrons. The molecule has 0 unspecified atom stereocenters. The van der Waals surface area contributed by atoms with Gasteiger partial charge in [-0.2, -0.15) is 0 Å². The van der Waals surface area contributed by atoms with E-state index >= 15 is 0 Å². The highest BCUT2D eigenvalue weighted by Crippen LogP contribution is 2.35. The third-order valence-corrected chi connectivity index (χ3v) is 4.94.